The molecule has 174 valence electrons. The zero-order valence-corrected chi connectivity index (χ0v) is 18.1. The van der Waals surface area contributed by atoms with E-state index in [0.29, 0.717) is 23.3 Å². The van der Waals surface area contributed by atoms with Gasteiger partial charge < -0.3 is 10.1 Å². The minimum Gasteiger partial charge on any atom is -0.424 e. The molecule has 0 unspecified atom stereocenters. The van der Waals surface area contributed by atoms with Crippen LogP contribution in [-0.4, -0.2) is 31.8 Å². The van der Waals surface area contributed by atoms with Gasteiger partial charge in [0.1, 0.15) is 11.3 Å². The lowest BCUT2D eigenvalue weighted by atomic mass is 10.1. The van der Waals surface area contributed by atoms with E-state index in [1.54, 1.807) is 12.1 Å². The molecule has 0 saturated carbocycles. The van der Waals surface area contributed by atoms with Crippen LogP contribution in [0.15, 0.2) is 48.8 Å². The Morgan fingerprint density at radius 1 is 1.06 bits per heavy atom. The largest absolute Gasteiger partial charge is 0.424 e. The molecule has 0 radical (unpaired) electrons. The van der Waals surface area contributed by atoms with Gasteiger partial charge in [-0.2, -0.15) is 0 Å². The van der Waals surface area contributed by atoms with Crippen LogP contribution in [0.3, 0.4) is 0 Å². The van der Waals surface area contributed by atoms with E-state index in [9.17, 15) is 29.8 Å². The number of nitrogens with zero attached hydrogens (tertiary/aromatic N) is 4. The van der Waals surface area contributed by atoms with Crippen LogP contribution in [0.1, 0.15) is 22.8 Å². The number of carbonyl (C=O) groups excluding carboxylic acids is 2. The molecule has 0 fully saturated rings. The number of nitro benzene ring substituents is 2. The van der Waals surface area contributed by atoms with Gasteiger partial charge in [-0.1, -0.05) is 24.6 Å². The Bertz CT molecular complexity index is 1280. The van der Waals surface area contributed by atoms with Crippen LogP contribution >= 0.6 is 11.6 Å². The minimum absolute atomic E-state index is 0.0290. The number of anilines is 1. The first-order valence-electron chi connectivity index (χ1n) is 9.51. The number of non-ortho nitro benzene ring substituents is 1. The Morgan fingerprint density at radius 3 is 2.38 bits per heavy atom. The summed E-state index contributed by atoms with van der Waals surface area (Å²) in [5.41, 5.74) is -0.880. The van der Waals surface area contributed by atoms with Gasteiger partial charge in [-0.3, -0.25) is 30.3 Å². The summed E-state index contributed by atoms with van der Waals surface area (Å²) in [6.07, 6.45) is 3.31. The maximum atomic E-state index is 12.4. The van der Waals surface area contributed by atoms with Crippen LogP contribution in [0.25, 0.3) is 0 Å². The van der Waals surface area contributed by atoms with Crippen molar-refractivity contribution in [3.63, 3.8) is 0 Å². The molecule has 0 aliphatic rings. The summed E-state index contributed by atoms with van der Waals surface area (Å²) in [6.45, 7) is 1.89. The number of nitro groups is 2. The lowest BCUT2D eigenvalue weighted by Crippen LogP contribution is -2.34. The van der Waals surface area contributed by atoms with Crippen LogP contribution in [0, 0.1) is 20.2 Å². The third-order valence-corrected chi connectivity index (χ3v) is 4.56. The van der Waals surface area contributed by atoms with Gasteiger partial charge in [-0.25, -0.2) is 14.8 Å². The van der Waals surface area contributed by atoms with E-state index < -0.39 is 38.7 Å². The number of rotatable bonds is 7. The molecule has 0 atom stereocenters. The molecule has 0 aliphatic heterocycles. The van der Waals surface area contributed by atoms with Crippen LogP contribution in [-0.2, 0) is 6.42 Å². The highest BCUT2D eigenvalue weighted by Gasteiger charge is 2.25. The number of urea groups is 1. The SMILES string of the molecule is CCc1ccc(NC(=O)NC(=O)c2ccc([N+](=O)[O-])cc2[N+](=O)[O-])cc1Oc1ncc(Cl)cn1. The van der Waals surface area contributed by atoms with Crippen molar-refractivity contribution in [2.75, 3.05) is 5.32 Å². The second kappa shape index (κ2) is 10.3. The number of hydrogen-bond acceptors (Lipinski definition) is 9. The summed E-state index contributed by atoms with van der Waals surface area (Å²) in [5.74, 6) is -0.768. The molecule has 3 amide bonds. The normalized spacial score (nSPS) is 10.3. The molecule has 3 rings (SSSR count). The first kappa shape index (κ1) is 24.0. The van der Waals surface area contributed by atoms with E-state index in [2.05, 4.69) is 15.3 Å². The topological polar surface area (TPSA) is 179 Å². The predicted molar refractivity (Wildman–Crippen MR) is 119 cm³/mol. The van der Waals surface area contributed by atoms with Crippen molar-refractivity contribution >= 4 is 40.6 Å². The Hall–Kier alpha value is -4.65. The van der Waals surface area contributed by atoms with Crippen LogP contribution < -0.4 is 15.4 Å². The number of ether oxygens (including phenoxy) is 1. The van der Waals surface area contributed by atoms with Crippen molar-refractivity contribution in [2.24, 2.45) is 0 Å². The highest BCUT2D eigenvalue weighted by atomic mass is 35.5. The number of halogens is 1. The van der Waals surface area contributed by atoms with Crippen molar-refractivity contribution in [3.05, 3.63) is 85.2 Å². The van der Waals surface area contributed by atoms with E-state index >= 15 is 0 Å². The van der Waals surface area contributed by atoms with Crippen molar-refractivity contribution < 1.29 is 24.2 Å². The quantitative estimate of drug-likeness (QED) is 0.364. The third kappa shape index (κ3) is 5.77. The highest BCUT2D eigenvalue weighted by molar-refractivity contribution is 6.30. The second-order valence-electron chi connectivity index (χ2n) is 6.59. The summed E-state index contributed by atoms with van der Waals surface area (Å²) in [7, 11) is 0. The third-order valence-electron chi connectivity index (χ3n) is 4.36. The maximum absolute atomic E-state index is 12.4. The zero-order valence-electron chi connectivity index (χ0n) is 17.4. The first-order chi connectivity index (χ1) is 16.2. The summed E-state index contributed by atoms with van der Waals surface area (Å²) >= 11 is 5.76. The van der Waals surface area contributed by atoms with E-state index in [-0.39, 0.29) is 11.7 Å². The molecule has 1 aromatic heterocycles. The van der Waals surface area contributed by atoms with E-state index in [4.69, 9.17) is 16.3 Å². The van der Waals surface area contributed by atoms with Gasteiger partial charge in [0.25, 0.3) is 17.3 Å². The highest BCUT2D eigenvalue weighted by Crippen LogP contribution is 2.28. The number of imide groups is 1. The molecule has 13 nitrogen and oxygen atoms in total. The molecular formula is C20H15ClN6O7. The average molecular weight is 487 g/mol. The molecule has 1 heterocycles. The fraction of sp³-hybridized carbons (Fsp3) is 0.100. The summed E-state index contributed by atoms with van der Waals surface area (Å²) in [4.78, 5) is 52.9. The number of aromatic nitrogens is 2. The second-order valence-corrected chi connectivity index (χ2v) is 7.02. The Labute approximate surface area is 196 Å². The van der Waals surface area contributed by atoms with E-state index in [1.165, 1.54) is 18.5 Å². The fourth-order valence-electron chi connectivity index (χ4n) is 2.78. The lowest BCUT2D eigenvalue weighted by molar-refractivity contribution is -0.394. The first-order valence-corrected chi connectivity index (χ1v) is 9.89. The number of aryl methyl sites for hydroxylation is 1. The Balaban J connectivity index is 1.76. The number of benzene rings is 2. The lowest BCUT2D eigenvalue weighted by Gasteiger charge is -2.12. The van der Waals surface area contributed by atoms with Gasteiger partial charge in [0.05, 0.1) is 33.3 Å². The molecule has 0 saturated heterocycles. The molecule has 14 heteroatoms. The standard InChI is InChI=1S/C20H15ClN6O7/c1-2-11-3-4-13(7-17(11)34-20-22-9-12(21)10-23-20)24-19(29)25-18(28)15-6-5-14(26(30)31)8-16(15)27(32)33/h3-10H,2H2,1H3,(H2,24,25,28,29). The Kier molecular flexibility index (Phi) is 7.28. The zero-order chi connectivity index (χ0) is 24.8. The van der Waals surface area contributed by atoms with Gasteiger partial charge in [-0.05, 0) is 24.1 Å². The average Bonchev–Trinajstić information content (AvgIpc) is 2.80. The Morgan fingerprint density at radius 2 is 1.76 bits per heavy atom. The number of carbonyl (C=O) groups is 2. The van der Waals surface area contributed by atoms with Gasteiger partial charge >= 0.3 is 12.0 Å². The summed E-state index contributed by atoms with van der Waals surface area (Å²) in [5, 5.41) is 26.7. The number of nitrogens with one attached hydrogen (secondary N) is 2. The molecule has 0 spiro atoms. The smallest absolute Gasteiger partial charge is 0.326 e. The van der Waals surface area contributed by atoms with Crippen LogP contribution in [0.5, 0.6) is 11.8 Å². The van der Waals surface area contributed by atoms with Gasteiger partial charge in [0.15, 0.2) is 0 Å². The fourth-order valence-corrected chi connectivity index (χ4v) is 2.88. The minimum atomic E-state index is -1.12. The molecule has 0 bridgehead atoms. The van der Waals surface area contributed by atoms with Gasteiger partial charge in [0, 0.05) is 17.8 Å². The molecule has 0 aliphatic carbocycles. The van der Waals surface area contributed by atoms with Crippen molar-refractivity contribution in [1.29, 1.82) is 0 Å². The van der Waals surface area contributed by atoms with Gasteiger partial charge in [-0.15, -0.1) is 0 Å². The van der Waals surface area contributed by atoms with Crippen LogP contribution in [0.2, 0.25) is 5.02 Å². The van der Waals surface area contributed by atoms with Crippen molar-refractivity contribution in [1.82, 2.24) is 15.3 Å². The number of amides is 3. The predicted octanol–water partition coefficient (Wildman–Crippen LogP) is 4.26. The van der Waals surface area contributed by atoms with E-state index in [1.807, 2.05) is 12.2 Å². The monoisotopic (exact) mass is 486 g/mol. The number of hydrogen-bond donors (Lipinski definition) is 2. The molecule has 34 heavy (non-hydrogen) atoms. The molecule has 2 aromatic carbocycles. The summed E-state index contributed by atoms with van der Waals surface area (Å²) in [6, 6.07) is 6.22. The molecular weight excluding hydrogens is 472 g/mol. The van der Waals surface area contributed by atoms with E-state index in [0.717, 1.165) is 17.7 Å². The van der Waals surface area contributed by atoms with Crippen molar-refractivity contribution in [3.8, 4) is 11.8 Å². The molecule has 3 aromatic rings. The van der Waals surface area contributed by atoms with Crippen LogP contribution in [0.4, 0.5) is 21.9 Å². The summed E-state index contributed by atoms with van der Waals surface area (Å²) < 4.78 is 5.65. The maximum Gasteiger partial charge on any atom is 0.326 e. The molecule has 2 N–H and O–H groups in total. The van der Waals surface area contributed by atoms with Gasteiger partial charge in [0.2, 0.25) is 0 Å². The van der Waals surface area contributed by atoms with Crippen molar-refractivity contribution in [2.45, 2.75) is 13.3 Å².